The first-order chi connectivity index (χ1) is 15.6. The van der Waals surface area contributed by atoms with Gasteiger partial charge in [0, 0.05) is 12.1 Å². The average molecular weight is 452 g/mol. The van der Waals surface area contributed by atoms with Gasteiger partial charge in [-0.05, 0) is 66.6 Å². The molecule has 0 saturated heterocycles. The lowest BCUT2D eigenvalue weighted by molar-refractivity contribution is 0.431. The number of hydrogen-bond donors (Lipinski definition) is 0. The predicted molar refractivity (Wildman–Crippen MR) is 136 cm³/mol. The van der Waals surface area contributed by atoms with Crippen molar-refractivity contribution in [2.24, 2.45) is 0 Å². The normalized spacial score (nSPS) is 11.3. The molecule has 170 valence electrons. The first-order valence-corrected chi connectivity index (χ1v) is 12.2. The van der Waals surface area contributed by atoms with Gasteiger partial charge in [-0.2, -0.15) is 0 Å². The van der Waals surface area contributed by atoms with Crippen molar-refractivity contribution in [2.75, 3.05) is 20.7 Å². The zero-order valence-corrected chi connectivity index (χ0v) is 20.3. The SMILES string of the molecule is CCCCCc1ccc(-c2ccc(-c3ccc(CCCN(C)SOC)cc3)c(F)c2)cc1. The summed E-state index contributed by atoms with van der Waals surface area (Å²) in [7, 11) is 3.70. The fraction of sp³-hybridized carbons (Fsp3) is 0.357. The Kier molecular flexibility index (Phi) is 9.79. The van der Waals surface area contributed by atoms with Gasteiger partial charge in [-0.15, -0.1) is 0 Å². The molecule has 0 aromatic heterocycles. The molecule has 0 spiro atoms. The van der Waals surface area contributed by atoms with E-state index in [2.05, 4.69) is 47.6 Å². The topological polar surface area (TPSA) is 12.5 Å². The quantitative estimate of drug-likeness (QED) is 0.157. The summed E-state index contributed by atoms with van der Waals surface area (Å²) in [5, 5.41) is 0. The summed E-state index contributed by atoms with van der Waals surface area (Å²) < 4.78 is 22.1. The third-order valence-corrected chi connectivity index (χ3v) is 6.32. The van der Waals surface area contributed by atoms with Crippen LogP contribution in [0.3, 0.4) is 0 Å². The Labute approximate surface area is 197 Å². The molecule has 4 heteroatoms. The molecular weight excluding hydrogens is 417 g/mol. The standard InChI is InChI=1S/C28H34FNOS/c1-4-5-6-8-22-10-14-24(15-11-22)26-18-19-27(28(29)21-26)25-16-12-23(13-17-25)9-7-20-30(2)32-31-3/h10-19,21H,4-9,20H2,1-3H3. The van der Waals surface area contributed by atoms with Gasteiger partial charge in [-0.1, -0.05) is 80.4 Å². The molecule has 0 heterocycles. The van der Waals surface area contributed by atoms with Crippen LogP contribution in [-0.2, 0) is 17.0 Å². The summed E-state index contributed by atoms with van der Waals surface area (Å²) in [6, 6.07) is 22.3. The number of halogens is 1. The summed E-state index contributed by atoms with van der Waals surface area (Å²) in [5.74, 6) is -0.180. The number of unbranched alkanes of at least 4 members (excludes halogenated alkanes) is 2. The van der Waals surface area contributed by atoms with Crippen LogP contribution in [0.5, 0.6) is 0 Å². The Morgan fingerprint density at radius 2 is 1.38 bits per heavy atom. The van der Waals surface area contributed by atoms with E-state index in [4.69, 9.17) is 4.18 Å². The maximum Gasteiger partial charge on any atom is 0.131 e. The monoisotopic (exact) mass is 451 g/mol. The first-order valence-electron chi connectivity index (χ1n) is 11.5. The molecule has 0 radical (unpaired) electrons. The molecule has 0 saturated carbocycles. The highest BCUT2D eigenvalue weighted by Gasteiger charge is 2.08. The Morgan fingerprint density at radius 1 is 0.781 bits per heavy atom. The van der Waals surface area contributed by atoms with Crippen LogP contribution < -0.4 is 0 Å². The summed E-state index contributed by atoms with van der Waals surface area (Å²) >= 11 is 1.36. The van der Waals surface area contributed by atoms with E-state index in [-0.39, 0.29) is 5.82 Å². The molecule has 0 aliphatic rings. The summed E-state index contributed by atoms with van der Waals surface area (Å²) in [4.78, 5) is 0. The second kappa shape index (κ2) is 12.8. The lowest BCUT2D eigenvalue weighted by atomic mass is 9.97. The lowest BCUT2D eigenvalue weighted by Gasteiger charge is -2.13. The van der Waals surface area contributed by atoms with Gasteiger partial charge in [0.1, 0.15) is 5.82 Å². The van der Waals surface area contributed by atoms with Crippen molar-refractivity contribution < 1.29 is 8.57 Å². The maximum absolute atomic E-state index is 15.0. The van der Waals surface area contributed by atoms with Crippen molar-refractivity contribution in [3.8, 4) is 22.3 Å². The Hall–Kier alpha value is -2.14. The maximum atomic E-state index is 15.0. The van der Waals surface area contributed by atoms with Gasteiger partial charge in [0.15, 0.2) is 0 Å². The van der Waals surface area contributed by atoms with E-state index < -0.39 is 0 Å². The first kappa shape index (κ1) is 24.5. The molecule has 0 unspecified atom stereocenters. The second-order valence-corrected chi connectivity index (χ2v) is 9.35. The van der Waals surface area contributed by atoms with E-state index in [0.717, 1.165) is 42.5 Å². The molecule has 0 bridgehead atoms. The summed E-state index contributed by atoms with van der Waals surface area (Å²) in [5.41, 5.74) is 6.15. The minimum atomic E-state index is -0.180. The van der Waals surface area contributed by atoms with Crippen molar-refractivity contribution in [1.29, 1.82) is 0 Å². The van der Waals surface area contributed by atoms with E-state index in [9.17, 15) is 4.39 Å². The molecule has 0 aliphatic carbocycles. The van der Waals surface area contributed by atoms with Crippen molar-refractivity contribution >= 4 is 12.2 Å². The van der Waals surface area contributed by atoms with Gasteiger partial charge >= 0.3 is 0 Å². The number of rotatable bonds is 12. The molecular formula is C28H34FNOS. The third kappa shape index (κ3) is 7.19. The molecule has 3 rings (SSSR count). The smallest absolute Gasteiger partial charge is 0.131 e. The molecule has 0 aliphatic heterocycles. The zero-order chi connectivity index (χ0) is 22.8. The molecule has 0 fully saturated rings. The van der Waals surface area contributed by atoms with E-state index in [1.807, 2.05) is 31.3 Å². The predicted octanol–water partition coefficient (Wildman–Crippen LogP) is 7.97. The van der Waals surface area contributed by atoms with Gasteiger partial charge in [0.05, 0.1) is 19.3 Å². The van der Waals surface area contributed by atoms with Crippen LogP contribution in [0.25, 0.3) is 22.3 Å². The average Bonchev–Trinajstić information content (AvgIpc) is 2.80. The molecule has 3 aromatic rings. The Morgan fingerprint density at radius 3 is 1.97 bits per heavy atom. The van der Waals surface area contributed by atoms with Crippen molar-refractivity contribution in [3.63, 3.8) is 0 Å². The van der Waals surface area contributed by atoms with Crippen LogP contribution in [0.1, 0.15) is 43.7 Å². The minimum Gasteiger partial charge on any atom is -0.304 e. The third-order valence-electron chi connectivity index (χ3n) is 5.73. The fourth-order valence-electron chi connectivity index (χ4n) is 3.89. The number of aryl methyl sites for hydroxylation is 2. The van der Waals surface area contributed by atoms with Crippen molar-refractivity contribution in [1.82, 2.24) is 4.31 Å². The summed E-state index contributed by atoms with van der Waals surface area (Å²) in [6.45, 7) is 3.18. The van der Waals surface area contributed by atoms with Gasteiger partial charge in [0.25, 0.3) is 0 Å². The highest BCUT2D eigenvalue weighted by atomic mass is 32.2. The number of hydrogen-bond acceptors (Lipinski definition) is 3. The molecule has 2 nitrogen and oxygen atoms in total. The Balaban J connectivity index is 1.62. The van der Waals surface area contributed by atoms with Gasteiger partial charge < -0.3 is 4.18 Å². The van der Waals surface area contributed by atoms with Crippen LogP contribution in [0.15, 0.2) is 66.7 Å². The van der Waals surface area contributed by atoms with Crippen molar-refractivity contribution in [3.05, 3.63) is 83.7 Å². The molecule has 0 atom stereocenters. The van der Waals surface area contributed by atoms with Crippen molar-refractivity contribution in [2.45, 2.75) is 45.4 Å². The number of nitrogens with zero attached hydrogens (tertiary/aromatic N) is 1. The van der Waals surface area contributed by atoms with Crippen LogP contribution in [0, 0.1) is 5.82 Å². The largest absolute Gasteiger partial charge is 0.304 e. The van der Waals surface area contributed by atoms with Gasteiger partial charge in [-0.25, -0.2) is 8.70 Å². The molecule has 0 amide bonds. The highest BCUT2D eigenvalue weighted by Crippen LogP contribution is 2.29. The van der Waals surface area contributed by atoms with Crippen LogP contribution in [-0.4, -0.2) is 25.0 Å². The zero-order valence-electron chi connectivity index (χ0n) is 19.4. The Bertz CT molecular complexity index is 956. The van der Waals surface area contributed by atoms with Gasteiger partial charge in [-0.3, -0.25) is 0 Å². The van der Waals surface area contributed by atoms with Crippen LogP contribution in [0.4, 0.5) is 4.39 Å². The van der Waals surface area contributed by atoms with Crippen LogP contribution in [0.2, 0.25) is 0 Å². The number of benzene rings is 3. The lowest BCUT2D eigenvalue weighted by Crippen LogP contribution is -2.11. The molecule has 3 aromatic carbocycles. The molecule has 0 N–H and O–H groups in total. The van der Waals surface area contributed by atoms with E-state index in [1.165, 1.54) is 42.6 Å². The second-order valence-electron chi connectivity index (χ2n) is 8.24. The molecule has 32 heavy (non-hydrogen) atoms. The summed E-state index contributed by atoms with van der Waals surface area (Å²) in [6.07, 6.45) is 6.87. The minimum absolute atomic E-state index is 0.180. The highest BCUT2D eigenvalue weighted by molar-refractivity contribution is 7.92. The fourth-order valence-corrected chi connectivity index (χ4v) is 4.35. The van der Waals surface area contributed by atoms with Gasteiger partial charge in [0.2, 0.25) is 0 Å². The van der Waals surface area contributed by atoms with E-state index in [1.54, 1.807) is 13.2 Å². The van der Waals surface area contributed by atoms with Crippen LogP contribution >= 0.6 is 12.2 Å². The van der Waals surface area contributed by atoms with E-state index >= 15 is 0 Å². The van der Waals surface area contributed by atoms with E-state index in [0.29, 0.717) is 5.56 Å².